The molecule has 0 aliphatic rings. The van der Waals surface area contributed by atoms with Crippen LogP contribution in [-0.4, -0.2) is 57.1 Å². The second-order valence-electron chi connectivity index (χ2n) is 5.83. The zero-order chi connectivity index (χ0) is 20.8. The van der Waals surface area contributed by atoms with E-state index in [1.54, 1.807) is 0 Å². The van der Waals surface area contributed by atoms with Crippen molar-refractivity contribution in [3.63, 3.8) is 0 Å². The lowest BCUT2D eigenvalue weighted by atomic mass is 10.1. The fraction of sp³-hybridized carbons (Fsp3) is 0.353. The van der Waals surface area contributed by atoms with Crippen LogP contribution in [0.15, 0.2) is 28.8 Å². The maximum Gasteiger partial charge on any atom is 0.326 e. The summed E-state index contributed by atoms with van der Waals surface area (Å²) in [6.07, 6.45) is -2.89. The Hall–Kier alpha value is -3.37. The third-order valence-corrected chi connectivity index (χ3v) is 3.83. The molecule has 0 aliphatic carbocycles. The smallest absolute Gasteiger partial charge is 0.326 e. The van der Waals surface area contributed by atoms with Crippen LogP contribution < -0.4 is 5.32 Å². The van der Waals surface area contributed by atoms with E-state index in [0.29, 0.717) is 5.56 Å². The van der Waals surface area contributed by atoms with Gasteiger partial charge in [0, 0.05) is 31.1 Å². The quantitative estimate of drug-likeness (QED) is 0.696. The number of aromatic nitrogens is 2. The molecule has 1 atom stereocenters. The third kappa shape index (κ3) is 5.09. The number of benzene rings is 1. The van der Waals surface area contributed by atoms with E-state index in [4.69, 9.17) is 0 Å². The molecule has 1 heterocycles. The number of nitrogens with zero attached hydrogens (tertiary/aromatic N) is 3. The van der Waals surface area contributed by atoms with E-state index in [2.05, 4.69) is 20.0 Å². The third-order valence-electron chi connectivity index (χ3n) is 3.83. The van der Waals surface area contributed by atoms with Crippen LogP contribution in [0.5, 0.6) is 0 Å². The molecule has 28 heavy (non-hydrogen) atoms. The number of hydrogen-bond acceptors (Lipinski definition) is 6. The zero-order valence-electron chi connectivity index (χ0n) is 15.1. The second kappa shape index (κ2) is 9.02. The van der Waals surface area contributed by atoms with Crippen LogP contribution >= 0.6 is 0 Å². The standard InChI is InChI=1S/C17H18F2N4O5/c1-9(17(26)27)23(8-7-20-10(2)24)16(25)12-5-3-11(4-6-12)14-21-15(13(18)19)28-22-14/h3-6,9,13H,7-8H2,1-2H3,(H,20,24)(H,26,27). The monoisotopic (exact) mass is 396 g/mol. The van der Waals surface area contributed by atoms with Crippen LogP contribution in [0.2, 0.25) is 0 Å². The van der Waals surface area contributed by atoms with Gasteiger partial charge in [-0.25, -0.2) is 4.79 Å². The molecular formula is C17H18F2N4O5. The molecule has 0 spiro atoms. The SMILES string of the molecule is CC(=O)NCCN(C(=O)c1ccc(-c2noc(C(F)F)n2)cc1)C(C)C(=O)O. The highest BCUT2D eigenvalue weighted by Gasteiger charge is 2.26. The lowest BCUT2D eigenvalue weighted by Gasteiger charge is -2.26. The van der Waals surface area contributed by atoms with E-state index in [9.17, 15) is 28.3 Å². The van der Waals surface area contributed by atoms with Crippen LogP contribution in [0.1, 0.15) is 36.5 Å². The summed E-state index contributed by atoms with van der Waals surface area (Å²) < 4.78 is 29.5. The summed E-state index contributed by atoms with van der Waals surface area (Å²) in [4.78, 5) is 39.7. The number of carbonyl (C=O) groups excluding carboxylic acids is 2. The number of aliphatic carboxylic acids is 1. The fourth-order valence-corrected chi connectivity index (χ4v) is 2.33. The molecule has 1 unspecified atom stereocenters. The molecule has 0 saturated carbocycles. The molecule has 0 fully saturated rings. The number of nitrogens with one attached hydrogen (secondary N) is 1. The molecule has 0 aliphatic heterocycles. The molecule has 0 saturated heterocycles. The van der Waals surface area contributed by atoms with Gasteiger partial charge in [-0.3, -0.25) is 9.59 Å². The highest BCUT2D eigenvalue weighted by Crippen LogP contribution is 2.22. The minimum Gasteiger partial charge on any atom is -0.480 e. The van der Waals surface area contributed by atoms with Crippen molar-refractivity contribution in [2.24, 2.45) is 0 Å². The Kier molecular flexibility index (Phi) is 6.74. The van der Waals surface area contributed by atoms with Crippen molar-refractivity contribution in [2.75, 3.05) is 13.1 Å². The largest absolute Gasteiger partial charge is 0.480 e. The van der Waals surface area contributed by atoms with Gasteiger partial charge >= 0.3 is 12.4 Å². The van der Waals surface area contributed by atoms with Crippen LogP contribution in [0, 0.1) is 0 Å². The number of amides is 2. The van der Waals surface area contributed by atoms with E-state index >= 15 is 0 Å². The summed E-state index contributed by atoms with van der Waals surface area (Å²) in [5, 5.41) is 15.2. The Bertz CT molecular complexity index is 853. The summed E-state index contributed by atoms with van der Waals surface area (Å²) in [7, 11) is 0. The van der Waals surface area contributed by atoms with Crippen molar-refractivity contribution in [1.29, 1.82) is 0 Å². The topological polar surface area (TPSA) is 126 Å². The van der Waals surface area contributed by atoms with Crippen molar-refractivity contribution < 1.29 is 32.8 Å². The summed E-state index contributed by atoms with van der Waals surface area (Å²) in [6.45, 7) is 2.75. The predicted molar refractivity (Wildman–Crippen MR) is 91.5 cm³/mol. The molecule has 1 aromatic carbocycles. The van der Waals surface area contributed by atoms with Crippen molar-refractivity contribution in [1.82, 2.24) is 20.4 Å². The van der Waals surface area contributed by atoms with Crippen molar-refractivity contribution in [3.05, 3.63) is 35.7 Å². The number of carbonyl (C=O) groups is 3. The maximum absolute atomic E-state index is 12.7. The van der Waals surface area contributed by atoms with Crippen molar-refractivity contribution >= 4 is 17.8 Å². The minimum atomic E-state index is -2.89. The van der Waals surface area contributed by atoms with Crippen LogP contribution in [0.4, 0.5) is 8.78 Å². The Morgan fingerprint density at radius 3 is 2.39 bits per heavy atom. The molecule has 1 aromatic heterocycles. The van der Waals surface area contributed by atoms with E-state index in [-0.39, 0.29) is 30.4 Å². The van der Waals surface area contributed by atoms with Gasteiger partial charge in [0.2, 0.25) is 11.7 Å². The molecule has 2 rings (SSSR count). The molecule has 0 radical (unpaired) electrons. The van der Waals surface area contributed by atoms with Crippen LogP contribution in [-0.2, 0) is 9.59 Å². The molecule has 2 amide bonds. The molecule has 0 bridgehead atoms. The first-order valence-electron chi connectivity index (χ1n) is 8.21. The number of carboxylic acid groups (broad SMARTS) is 1. The van der Waals surface area contributed by atoms with E-state index in [1.165, 1.54) is 38.1 Å². The number of carboxylic acids is 1. The van der Waals surface area contributed by atoms with E-state index in [0.717, 1.165) is 4.90 Å². The number of hydrogen-bond donors (Lipinski definition) is 2. The molecule has 11 heteroatoms. The molecule has 2 N–H and O–H groups in total. The van der Waals surface area contributed by atoms with Gasteiger partial charge in [-0.15, -0.1) is 0 Å². The first-order valence-corrected chi connectivity index (χ1v) is 8.21. The summed E-state index contributed by atoms with van der Waals surface area (Å²) in [5.74, 6) is -2.93. The first-order chi connectivity index (χ1) is 13.2. The van der Waals surface area contributed by atoms with Gasteiger partial charge in [-0.05, 0) is 19.1 Å². The Labute approximate surface area is 158 Å². The average Bonchev–Trinajstić information content (AvgIpc) is 3.14. The molecule has 150 valence electrons. The first kappa shape index (κ1) is 20.9. The lowest BCUT2D eigenvalue weighted by molar-refractivity contribution is -0.141. The van der Waals surface area contributed by atoms with Crippen LogP contribution in [0.3, 0.4) is 0 Å². The number of halogens is 2. The summed E-state index contributed by atoms with van der Waals surface area (Å²) >= 11 is 0. The van der Waals surface area contributed by atoms with E-state index < -0.39 is 30.2 Å². The van der Waals surface area contributed by atoms with Crippen molar-refractivity contribution in [3.8, 4) is 11.4 Å². The molecule has 2 aromatic rings. The summed E-state index contributed by atoms with van der Waals surface area (Å²) in [6, 6.07) is 4.55. The highest BCUT2D eigenvalue weighted by molar-refractivity contribution is 5.97. The van der Waals surface area contributed by atoms with Gasteiger partial charge in [0.05, 0.1) is 0 Å². The van der Waals surface area contributed by atoms with Gasteiger partial charge in [-0.1, -0.05) is 17.3 Å². The molecular weight excluding hydrogens is 378 g/mol. The van der Waals surface area contributed by atoms with Crippen molar-refractivity contribution in [2.45, 2.75) is 26.3 Å². The van der Waals surface area contributed by atoms with Gasteiger partial charge < -0.3 is 19.8 Å². The Morgan fingerprint density at radius 2 is 1.89 bits per heavy atom. The predicted octanol–water partition coefficient (Wildman–Crippen LogP) is 1.73. The average molecular weight is 396 g/mol. The Balaban J connectivity index is 2.18. The zero-order valence-corrected chi connectivity index (χ0v) is 15.1. The number of alkyl halides is 2. The molecule has 9 nitrogen and oxygen atoms in total. The van der Waals surface area contributed by atoms with Crippen LogP contribution in [0.25, 0.3) is 11.4 Å². The fourth-order valence-electron chi connectivity index (χ4n) is 2.33. The Morgan fingerprint density at radius 1 is 1.25 bits per heavy atom. The summed E-state index contributed by atoms with van der Waals surface area (Å²) in [5.41, 5.74) is 0.528. The van der Waals surface area contributed by atoms with Gasteiger partial charge in [0.25, 0.3) is 11.8 Å². The maximum atomic E-state index is 12.7. The minimum absolute atomic E-state index is 0.00375. The normalized spacial score (nSPS) is 11.9. The van der Waals surface area contributed by atoms with E-state index in [1.807, 2.05) is 0 Å². The lowest BCUT2D eigenvalue weighted by Crippen LogP contribution is -2.46. The van der Waals surface area contributed by atoms with Gasteiger partial charge in [0.15, 0.2) is 0 Å². The second-order valence-corrected chi connectivity index (χ2v) is 5.83. The van der Waals surface area contributed by atoms with Gasteiger partial charge in [0.1, 0.15) is 6.04 Å². The number of rotatable bonds is 8. The highest BCUT2D eigenvalue weighted by atomic mass is 19.3. The van der Waals surface area contributed by atoms with Gasteiger partial charge in [-0.2, -0.15) is 13.8 Å².